The summed E-state index contributed by atoms with van der Waals surface area (Å²) in [6, 6.07) is 7.52. The summed E-state index contributed by atoms with van der Waals surface area (Å²) in [4.78, 5) is 26.2. The molecule has 0 aliphatic heterocycles. The van der Waals surface area contributed by atoms with E-state index >= 15 is 0 Å². The van der Waals surface area contributed by atoms with Gasteiger partial charge in [-0.05, 0) is 23.6 Å². The molecular formula is C18H16N6O2S. The van der Waals surface area contributed by atoms with E-state index in [0.29, 0.717) is 36.2 Å². The van der Waals surface area contributed by atoms with Crippen LogP contribution in [0.3, 0.4) is 0 Å². The van der Waals surface area contributed by atoms with Gasteiger partial charge in [0.2, 0.25) is 0 Å². The van der Waals surface area contributed by atoms with Gasteiger partial charge in [-0.3, -0.25) is 9.36 Å². The summed E-state index contributed by atoms with van der Waals surface area (Å²) in [5.41, 5.74) is 1.08. The van der Waals surface area contributed by atoms with Crippen molar-refractivity contribution < 1.29 is 9.32 Å². The van der Waals surface area contributed by atoms with Gasteiger partial charge in [0.25, 0.3) is 11.8 Å². The first-order valence-corrected chi connectivity index (χ1v) is 9.25. The zero-order valence-electron chi connectivity index (χ0n) is 14.5. The Morgan fingerprint density at radius 1 is 1.33 bits per heavy atom. The molecule has 4 heterocycles. The summed E-state index contributed by atoms with van der Waals surface area (Å²) in [6.07, 6.45) is 5.54. The first-order chi connectivity index (χ1) is 13.2. The third-order valence-corrected chi connectivity index (χ3v) is 4.74. The zero-order chi connectivity index (χ0) is 18.6. The van der Waals surface area contributed by atoms with Crippen LogP contribution in [0.5, 0.6) is 0 Å². The molecule has 0 saturated carbocycles. The Morgan fingerprint density at radius 2 is 2.26 bits per heavy atom. The highest BCUT2D eigenvalue weighted by atomic mass is 32.1. The molecule has 0 unspecified atom stereocenters. The third-order valence-electron chi connectivity index (χ3n) is 3.86. The monoisotopic (exact) mass is 380 g/mol. The molecule has 4 aromatic heterocycles. The van der Waals surface area contributed by atoms with Crippen LogP contribution in [0.2, 0.25) is 0 Å². The van der Waals surface area contributed by atoms with Crippen molar-refractivity contribution in [3.8, 4) is 17.3 Å². The van der Waals surface area contributed by atoms with Crippen LogP contribution in [0.1, 0.15) is 28.1 Å². The first-order valence-electron chi connectivity index (χ1n) is 8.37. The third kappa shape index (κ3) is 3.77. The zero-order valence-corrected chi connectivity index (χ0v) is 15.3. The molecule has 0 spiro atoms. The Balaban J connectivity index is 1.51. The van der Waals surface area contributed by atoms with Crippen LogP contribution < -0.4 is 5.32 Å². The quantitative estimate of drug-likeness (QED) is 0.552. The number of hydrogen-bond donors (Lipinski definition) is 1. The minimum absolute atomic E-state index is 0.234. The van der Waals surface area contributed by atoms with Gasteiger partial charge < -0.3 is 9.84 Å². The smallest absolute Gasteiger partial charge is 0.271 e. The van der Waals surface area contributed by atoms with Crippen LogP contribution >= 0.6 is 11.3 Å². The van der Waals surface area contributed by atoms with Crippen molar-refractivity contribution in [3.63, 3.8) is 0 Å². The minimum Gasteiger partial charge on any atom is -0.346 e. The number of carbonyl (C=O) groups excluding carboxylic acids is 1. The molecule has 0 aromatic carbocycles. The second kappa shape index (κ2) is 7.50. The van der Waals surface area contributed by atoms with E-state index in [0.717, 1.165) is 10.4 Å². The van der Waals surface area contributed by atoms with Crippen LogP contribution in [0.4, 0.5) is 0 Å². The topological polar surface area (TPSA) is 98.7 Å². The van der Waals surface area contributed by atoms with Crippen molar-refractivity contribution in [2.75, 3.05) is 0 Å². The number of pyridine rings is 1. The maximum Gasteiger partial charge on any atom is 0.271 e. The summed E-state index contributed by atoms with van der Waals surface area (Å²) < 4.78 is 6.95. The van der Waals surface area contributed by atoms with Gasteiger partial charge in [0.15, 0.2) is 5.82 Å². The predicted molar refractivity (Wildman–Crippen MR) is 99.5 cm³/mol. The number of imidazole rings is 1. The summed E-state index contributed by atoms with van der Waals surface area (Å²) in [7, 11) is 0. The molecule has 0 atom stereocenters. The number of thiophene rings is 1. The van der Waals surface area contributed by atoms with Crippen LogP contribution in [0.25, 0.3) is 17.3 Å². The Labute approximate surface area is 158 Å². The minimum atomic E-state index is -0.234. The van der Waals surface area contributed by atoms with Crippen LogP contribution in [-0.2, 0) is 13.0 Å². The number of aromatic nitrogens is 5. The number of nitrogens with one attached hydrogen (secondary N) is 1. The molecule has 0 aliphatic carbocycles. The van der Waals surface area contributed by atoms with E-state index in [1.165, 1.54) is 0 Å². The maximum absolute atomic E-state index is 12.3. The highest BCUT2D eigenvalue weighted by Gasteiger charge is 2.13. The maximum atomic E-state index is 12.3. The van der Waals surface area contributed by atoms with Gasteiger partial charge in [-0.2, -0.15) is 4.98 Å². The normalized spacial score (nSPS) is 10.9. The molecule has 1 amide bonds. The highest BCUT2D eigenvalue weighted by Crippen LogP contribution is 2.19. The summed E-state index contributed by atoms with van der Waals surface area (Å²) in [5, 5.41) is 8.73. The average Bonchev–Trinajstić information content (AvgIpc) is 3.47. The lowest BCUT2D eigenvalue weighted by atomic mass is 10.2. The largest absolute Gasteiger partial charge is 0.346 e. The number of amides is 1. The van der Waals surface area contributed by atoms with Crippen LogP contribution in [-0.4, -0.2) is 30.6 Å². The van der Waals surface area contributed by atoms with Gasteiger partial charge in [0.05, 0.1) is 6.54 Å². The molecule has 8 nitrogen and oxygen atoms in total. The van der Waals surface area contributed by atoms with Crippen molar-refractivity contribution in [2.24, 2.45) is 0 Å². The molecule has 27 heavy (non-hydrogen) atoms. The van der Waals surface area contributed by atoms with E-state index in [-0.39, 0.29) is 5.91 Å². The number of aryl methyl sites for hydroxylation is 1. The van der Waals surface area contributed by atoms with Crippen molar-refractivity contribution >= 4 is 17.2 Å². The molecular weight excluding hydrogens is 364 g/mol. The molecule has 136 valence electrons. The average molecular weight is 380 g/mol. The number of hydrogen-bond acceptors (Lipinski definition) is 7. The fraction of sp³-hybridized carbons (Fsp3) is 0.167. The van der Waals surface area contributed by atoms with Gasteiger partial charge >= 0.3 is 0 Å². The van der Waals surface area contributed by atoms with Crippen LogP contribution in [0, 0.1) is 0 Å². The molecule has 0 fully saturated rings. The lowest BCUT2D eigenvalue weighted by Gasteiger charge is -2.02. The van der Waals surface area contributed by atoms with E-state index in [4.69, 9.17) is 4.52 Å². The van der Waals surface area contributed by atoms with Gasteiger partial charge in [0, 0.05) is 29.3 Å². The first kappa shape index (κ1) is 17.1. The molecule has 0 aliphatic rings. The molecule has 4 rings (SSSR count). The standard InChI is InChI=1S/C18H16N6O2S/c1-2-15-22-18(26-23-15)12-5-6-19-16(8-12)24-10-14(21-11-24)17(25)20-9-13-4-3-7-27-13/h3-8,10-11H,2,9H2,1H3,(H,20,25). The van der Waals surface area contributed by atoms with Crippen molar-refractivity contribution in [3.05, 3.63) is 64.8 Å². The van der Waals surface area contributed by atoms with Gasteiger partial charge in [-0.1, -0.05) is 18.1 Å². The second-order valence-electron chi connectivity index (χ2n) is 5.70. The van der Waals surface area contributed by atoms with Gasteiger partial charge in [-0.25, -0.2) is 9.97 Å². The molecule has 4 aromatic rings. The predicted octanol–water partition coefficient (Wildman–Crippen LogP) is 2.87. The number of nitrogens with zero attached hydrogens (tertiary/aromatic N) is 5. The molecule has 0 saturated heterocycles. The molecule has 1 N–H and O–H groups in total. The Kier molecular flexibility index (Phi) is 4.75. The fourth-order valence-electron chi connectivity index (χ4n) is 2.44. The molecule has 9 heteroatoms. The highest BCUT2D eigenvalue weighted by molar-refractivity contribution is 7.09. The Morgan fingerprint density at radius 3 is 3.04 bits per heavy atom. The van der Waals surface area contributed by atoms with E-state index in [2.05, 4.69) is 25.4 Å². The van der Waals surface area contributed by atoms with Gasteiger partial charge in [-0.15, -0.1) is 11.3 Å². The number of carbonyl (C=O) groups is 1. The van der Waals surface area contributed by atoms with Gasteiger partial charge in [0.1, 0.15) is 17.8 Å². The Hall–Kier alpha value is -3.33. The summed E-state index contributed by atoms with van der Waals surface area (Å²) in [5.74, 6) is 1.46. The van der Waals surface area contributed by atoms with Crippen molar-refractivity contribution in [2.45, 2.75) is 19.9 Å². The summed E-state index contributed by atoms with van der Waals surface area (Å²) in [6.45, 7) is 2.44. The van der Waals surface area contributed by atoms with E-state index in [9.17, 15) is 4.79 Å². The lowest BCUT2D eigenvalue weighted by molar-refractivity contribution is 0.0947. The lowest BCUT2D eigenvalue weighted by Crippen LogP contribution is -2.22. The van der Waals surface area contributed by atoms with E-state index < -0.39 is 0 Å². The second-order valence-corrected chi connectivity index (χ2v) is 6.73. The molecule has 0 bridgehead atoms. The van der Waals surface area contributed by atoms with E-state index in [1.54, 1.807) is 40.7 Å². The molecule has 0 radical (unpaired) electrons. The van der Waals surface area contributed by atoms with Crippen LogP contribution in [0.15, 0.2) is 52.9 Å². The van der Waals surface area contributed by atoms with Crippen molar-refractivity contribution in [1.82, 2.24) is 30.0 Å². The fourth-order valence-corrected chi connectivity index (χ4v) is 3.09. The SMILES string of the molecule is CCc1noc(-c2ccnc(-n3cnc(C(=O)NCc4cccs4)c3)c2)n1. The number of rotatable bonds is 6. The van der Waals surface area contributed by atoms with E-state index in [1.807, 2.05) is 30.5 Å². The Bertz CT molecular complexity index is 1050. The van der Waals surface area contributed by atoms with Crippen molar-refractivity contribution in [1.29, 1.82) is 0 Å². The summed E-state index contributed by atoms with van der Waals surface area (Å²) >= 11 is 1.59.